The van der Waals surface area contributed by atoms with Gasteiger partial charge in [0.25, 0.3) is 0 Å². The molecular formula is C43H65N2O3+. The highest BCUT2D eigenvalue weighted by Crippen LogP contribution is 2.37. The summed E-state index contributed by atoms with van der Waals surface area (Å²) in [5.74, 6) is -2.66. The van der Waals surface area contributed by atoms with Crippen LogP contribution in [0.1, 0.15) is 154 Å². The quantitative estimate of drug-likeness (QED) is 0.0311. The van der Waals surface area contributed by atoms with Crippen molar-refractivity contribution < 1.29 is 19.0 Å². The fourth-order valence-electron chi connectivity index (χ4n) is 7.13. The number of aryl methyl sites for hydroxylation is 1. The van der Waals surface area contributed by atoms with E-state index in [9.17, 15) is 14.4 Å². The lowest BCUT2D eigenvalue weighted by Crippen LogP contribution is -2.26. The molecule has 1 unspecified atom stereocenters. The molecule has 2 aliphatic carbocycles. The lowest BCUT2D eigenvalue weighted by Gasteiger charge is -2.26. The van der Waals surface area contributed by atoms with E-state index in [4.69, 9.17) is 0 Å². The zero-order valence-corrected chi connectivity index (χ0v) is 31.3. The largest absolute Gasteiger partial charge is 0.372 e. The number of rotatable bonds is 22. The van der Waals surface area contributed by atoms with E-state index < -0.39 is 17.5 Å². The van der Waals surface area contributed by atoms with Gasteiger partial charge in [0.2, 0.25) is 11.6 Å². The van der Waals surface area contributed by atoms with E-state index in [0.717, 1.165) is 74.4 Å². The van der Waals surface area contributed by atoms with Crippen LogP contribution in [-0.2, 0) is 14.4 Å². The first-order valence-electron chi connectivity index (χ1n) is 19.5. The van der Waals surface area contributed by atoms with Gasteiger partial charge in [0.1, 0.15) is 19.0 Å². The van der Waals surface area contributed by atoms with Crippen LogP contribution in [0.2, 0.25) is 0 Å². The summed E-state index contributed by atoms with van der Waals surface area (Å²) < 4.78 is 2.46. The van der Waals surface area contributed by atoms with Crippen LogP contribution in [0.3, 0.4) is 0 Å². The molecule has 0 N–H and O–H groups in total. The van der Waals surface area contributed by atoms with Gasteiger partial charge in [-0.15, -0.1) is 0 Å². The predicted octanol–water partition coefficient (Wildman–Crippen LogP) is 10.2. The Morgan fingerprint density at radius 1 is 0.646 bits per heavy atom. The maximum Gasteiger partial charge on any atom is 0.233 e. The molecule has 1 saturated carbocycles. The molecule has 0 spiro atoms. The maximum atomic E-state index is 14.0. The molecule has 0 heterocycles. The minimum Gasteiger partial charge on any atom is -0.372 e. The SMILES string of the molecule is CCCCCCN(CCCCCC)c1ccc(C2C(=O)C(=O)/C(=C3/C=CC(=[N+](CCCCCC)CCCCCC)C=C3C)C2=O)c(C)c1. The fraction of sp³-hybridized carbons (Fsp3) is 0.628. The van der Waals surface area contributed by atoms with Gasteiger partial charge in [-0.05, 0) is 80.0 Å². The lowest BCUT2D eigenvalue weighted by molar-refractivity contribution is -0.527. The molecular weight excluding hydrogens is 592 g/mol. The van der Waals surface area contributed by atoms with Crippen molar-refractivity contribution in [2.75, 3.05) is 31.1 Å². The molecule has 0 saturated heterocycles. The van der Waals surface area contributed by atoms with E-state index in [0.29, 0.717) is 11.1 Å². The normalized spacial score (nSPS) is 17.9. The Morgan fingerprint density at radius 3 is 1.69 bits per heavy atom. The summed E-state index contributed by atoms with van der Waals surface area (Å²) in [4.78, 5) is 43.4. The number of unbranched alkanes of at least 4 members (excludes halogenated alkanes) is 12. The van der Waals surface area contributed by atoms with E-state index in [2.05, 4.69) is 55.4 Å². The number of benzene rings is 1. The number of carbonyl (C=O) groups is 3. The molecule has 0 aromatic heterocycles. The summed E-state index contributed by atoms with van der Waals surface area (Å²) >= 11 is 0. The molecule has 1 atom stereocenters. The van der Waals surface area contributed by atoms with Crippen LogP contribution >= 0.6 is 0 Å². The molecule has 5 nitrogen and oxygen atoms in total. The number of hydrogen-bond acceptors (Lipinski definition) is 4. The first-order valence-corrected chi connectivity index (χ1v) is 19.5. The predicted molar refractivity (Wildman–Crippen MR) is 203 cm³/mol. The van der Waals surface area contributed by atoms with Crippen molar-refractivity contribution in [3.05, 3.63) is 64.3 Å². The first kappa shape index (κ1) is 39.4. The van der Waals surface area contributed by atoms with E-state index in [1.54, 1.807) is 0 Å². The molecule has 5 heteroatoms. The van der Waals surface area contributed by atoms with Gasteiger partial charge in [0.15, 0.2) is 11.5 Å². The molecule has 0 aliphatic heterocycles. The van der Waals surface area contributed by atoms with Gasteiger partial charge >= 0.3 is 0 Å². The highest BCUT2D eigenvalue weighted by Gasteiger charge is 2.47. The third-order valence-electron chi connectivity index (χ3n) is 10.1. The van der Waals surface area contributed by atoms with Crippen LogP contribution in [-0.4, -0.2) is 53.8 Å². The number of hydrogen-bond donors (Lipinski definition) is 0. The molecule has 2 aliphatic rings. The average molecular weight is 658 g/mol. The number of allylic oxidation sites excluding steroid dienone is 6. The topological polar surface area (TPSA) is 57.5 Å². The summed E-state index contributed by atoms with van der Waals surface area (Å²) in [5.41, 5.74) is 5.36. The summed E-state index contributed by atoms with van der Waals surface area (Å²) in [5, 5.41) is 0. The second-order valence-corrected chi connectivity index (χ2v) is 14.1. The van der Waals surface area contributed by atoms with Crippen LogP contribution in [0.5, 0.6) is 0 Å². The molecule has 0 amide bonds. The van der Waals surface area contributed by atoms with E-state index in [1.165, 1.54) is 77.0 Å². The molecule has 1 aromatic rings. The number of nitrogens with zero attached hydrogens (tertiary/aromatic N) is 2. The molecule has 0 radical (unpaired) electrons. The summed E-state index contributed by atoms with van der Waals surface area (Å²) in [6, 6.07) is 6.10. The van der Waals surface area contributed by atoms with Crippen molar-refractivity contribution in [3.63, 3.8) is 0 Å². The highest BCUT2D eigenvalue weighted by atomic mass is 16.2. The van der Waals surface area contributed by atoms with E-state index >= 15 is 0 Å². The van der Waals surface area contributed by atoms with Gasteiger partial charge in [-0.2, -0.15) is 0 Å². The van der Waals surface area contributed by atoms with Crippen molar-refractivity contribution in [2.24, 2.45) is 0 Å². The Kier molecular flexibility index (Phi) is 17.3. The zero-order chi connectivity index (χ0) is 34.9. The molecule has 3 rings (SSSR count). The third-order valence-corrected chi connectivity index (χ3v) is 10.1. The summed E-state index contributed by atoms with van der Waals surface area (Å²) in [6.45, 7) is 16.9. The Morgan fingerprint density at radius 2 is 1.19 bits per heavy atom. The highest BCUT2D eigenvalue weighted by molar-refractivity contribution is 6.61. The van der Waals surface area contributed by atoms with Crippen LogP contribution in [0.25, 0.3) is 0 Å². The van der Waals surface area contributed by atoms with Crippen LogP contribution < -0.4 is 4.90 Å². The van der Waals surface area contributed by atoms with E-state index in [-0.39, 0.29) is 11.4 Å². The van der Waals surface area contributed by atoms with Crippen molar-refractivity contribution in [3.8, 4) is 0 Å². The monoisotopic (exact) mass is 657 g/mol. The molecule has 264 valence electrons. The molecule has 0 bridgehead atoms. The standard InChI is InChI=1S/C43H65N2O3/c1-7-11-15-19-27-44(28-20-16-12-8-2)35-23-25-37(33(5)31-35)39-41(46)40(43(48)42(39)47)38-26-24-36(32-34(38)6)45(29-21-17-13-9-3)30-22-18-14-10-4/h23-26,31-32,39H,7-22,27-30H2,1-6H3/q+1/b40-38-. The second-order valence-electron chi connectivity index (χ2n) is 14.1. The minimum atomic E-state index is -1.06. The maximum absolute atomic E-state index is 14.0. The zero-order valence-electron chi connectivity index (χ0n) is 31.3. The average Bonchev–Trinajstić information content (AvgIpc) is 3.29. The van der Waals surface area contributed by atoms with Crippen LogP contribution in [0, 0.1) is 6.92 Å². The number of anilines is 1. The number of ketones is 3. The number of Topliss-reactive ketones (excluding diaryl/α,β-unsaturated/α-hetero) is 3. The summed E-state index contributed by atoms with van der Waals surface area (Å²) in [6.07, 6.45) is 25.4. The van der Waals surface area contributed by atoms with Crippen LogP contribution in [0.4, 0.5) is 5.69 Å². The molecule has 48 heavy (non-hydrogen) atoms. The van der Waals surface area contributed by atoms with Gasteiger partial charge in [-0.25, -0.2) is 4.58 Å². The minimum absolute atomic E-state index is 0.0587. The smallest absolute Gasteiger partial charge is 0.233 e. The first-order chi connectivity index (χ1) is 23.3. The summed E-state index contributed by atoms with van der Waals surface area (Å²) in [7, 11) is 0. The van der Waals surface area contributed by atoms with Gasteiger partial charge in [-0.3, -0.25) is 14.4 Å². The van der Waals surface area contributed by atoms with Gasteiger partial charge in [0.05, 0.1) is 5.57 Å². The van der Waals surface area contributed by atoms with Crippen molar-refractivity contribution >= 4 is 28.7 Å². The second kappa shape index (κ2) is 21.1. The van der Waals surface area contributed by atoms with Gasteiger partial charge in [0, 0.05) is 43.8 Å². The van der Waals surface area contributed by atoms with Crippen molar-refractivity contribution in [1.29, 1.82) is 0 Å². The van der Waals surface area contributed by atoms with E-state index in [1.807, 2.05) is 32.1 Å². The third kappa shape index (κ3) is 11.0. The Bertz CT molecular complexity index is 1340. The molecule has 1 aromatic carbocycles. The Balaban J connectivity index is 1.86. The van der Waals surface area contributed by atoms with Crippen molar-refractivity contribution in [2.45, 2.75) is 150 Å². The molecule has 1 fully saturated rings. The number of carbonyl (C=O) groups excluding carboxylic acids is 3. The van der Waals surface area contributed by atoms with Gasteiger partial charge < -0.3 is 4.90 Å². The Labute approximate surface area is 292 Å². The fourth-order valence-corrected chi connectivity index (χ4v) is 7.13. The lowest BCUT2D eigenvalue weighted by atomic mass is 9.89. The Hall–Kier alpha value is -3.08. The van der Waals surface area contributed by atoms with Crippen LogP contribution in [0.15, 0.2) is 53.1 Å². The van der Waals surface area contributed by atoms with Crippen molar-refractivity contribution in [1.82, 2.24) is 0 Å². The van der Waals surface area contributed by atoms with Gasteiger partial charge in [-0.1, -0.05) is 98.0 Å².